The first-order valence-corrected chi connectivity index (χ1v) is 7.64. The molecule has 1 aliphatic rings. The number of rotatable bonds is 5. The molecule has 1 saturated carbocycles. The van der Waals surface area contributed by atoms with Crippen molar-refractivity contribution in [1.82, 2.24) is 5.16 Å². The topological polar surface area (TPSA) is 81.4 Å². The third kappa shape index (κ3) is 3.61. The van der Waals surface area contributed by atoms with E-state index in [1.165, 1.54) is 19.1 Å². The Labute approximate surface area is 138 Å². The molecule has 1 aliphatic carbocycles. The molecule has 7 heteroatoms. The molecule has 1 aromatic carbocycles. The fourth-order valence-corrected chi connectivity index (χ4v) is 2.49. The number of hydrogen-bond donors (Lipinski definition) is 1. The fraction of sp³-hybridized carbons (Fsp3) is 0.353. The molecule has 126 valence electrons. The first kappa shape index (κ1) is 16.2. The van der Waals surface area contributed by atoms with Gasteiger partial charge in [0.15, 0.2) is 6.10 Å². The van der Waals surface area contributed by atoms with Gasteiger partial charge in [-0.15, -0.1) is 0 Å². The summed E-state index contributed by atoms with van der Waals surface area (Å²) in [6, 6.07) is 7.63. The summed E-state index contributed by atoms with van der Waals surface area (Å²) in [5.74, 6) is -1.30. The van der Waals surface area contributed by atoms with E-state index in [9.17, 15) is 14.0 Å². The van der Waals surface area contributed by atoms with Crippen LogP contribution in [0, 0.1) is 18.7 Å². The fourth-order valence-electron chi connectivity index (χ4n) is 2.49. The predicted octanol–water partition coefficient (Wildman–Crippen LogP) is 2.80. The van der Waals surface area contributed by atoms with Crippen molar-refractivity contribution >= 4 is 17.8 Å². The minimum atomic E-state index is -0.947. The van der Waals surface area contributed by atoms with Gasteiger partial charge in [-0.1, -0.05) is 17.3 Å². The highest BCUT2D eigenvalue weighted by molar-refractivity contribution is 5.94. The minimum Gasteiger partial charge on any atom is -0.452 e. The highest BCUT2D eigenvalue weighted by Gasteiger charge is 2.46. The molecule has 1 fully saturated rings. The minimum absolute atomic E-state index is 0.0188. The molecule has 24 heavy (non-hydrogen) atoms. The van der Waals surface area contributed by atoms with Gasteiger partial charge in [0.2, 0.25) is 5.88 Å². The van der Waals surface area contributed by atoms with Gasteiger partial charge in [-0.05, 0) is 43.9 Å². The predicted molar refractivity (Wildman–Crippen MR) is 82.7 cm³/mol. The molecular weight excluding hydrogens is 315 g/mol. The van der Waals surface area contributed by atoms with E-state index in [4.69, 9.17) is 9.26 Å². The zero-order valence-corrected chi connectivity index (χ0v) is 13.3. The van der Waals surface area contributed by atoms with E-state index >= 15 is 0 Å². The van der Waals surface area contributed by atoms with E-state index in [2.05, 4.69) is 10.5 Å². The van der Waals surface area contributed by atoms with Crippen molar-refractivity contribution in [3.8, 4) is 0 Å². The molecule has 1 N–H and O–H groups in total. The average molecular weight is 332 g/mol. The number of benzene rings is 1. The molecule has 6 nitrogen and oxygen atoms in total. The monoisotopic (exact) mass is 332 g/mol. The maximum absolute atomic E-state index is 12.9. The van der Waals surface area contributed by atoms with Crippen LogP contribution in [-0.2, 0) is 14.3 Å². The van der Waals surface area contributed by atoms with Gasteiger partial charge < -0.3 is 9.26 Å². The lowest BCUT2D eigenvalue weighted by molar-refractivity contribution is -0.154. The summed E-state index contributed by atoms with van der Waals surface area (Å²) in [4.78, 5) is 24.1. The summed E-state index contributed by atoms with van der Waals surface area (Å²) in [7, 11) is 0. The van der Waals surface area contributed by atoms with Gasteiger partial charge in [-0.25, -0.2) is 4.39 Å². The highest BCUT2D eigenvalue weighted by Crippen LogP contribution is 2.48. The third-order valence-corrected chi connectivity index (χ3v) is 3.93. The van der Waals surface area contributed by atoms with E-state index in [0.717, 1.165) is 5.56 Å². The summed E-state index contributed by atoms with van der Waals surface area (Å²) in [6.45, 7) is 3.22. The Bertz CT molecular complexity index is 756. The van der Waals surface area contributed by atoms with Gasteiger partial charge in [0, 0.05) is 6.07 Å². The molecule has 3 atom stereocenters. The zero-order valence-electron chi connectivity index (χ0n) is 13.3. The van der Waals surface area contributed by atoms with Crippen LogP contribution in [0.1, 0.15) is 30.5 Å². The molecule has 0 radical (unpaired) electrons. The number of aromatic nitrogens is 1. The Balaban J connectivity index is 1.51. The van der Waals surface area contributed by atoms with Gasteiger partial charge in [-0.3, -0.25) is 14.9 Å². The lowest BCUT2D eigenvalue weighted by Gasteiger charge is -2.12. The lowest BCUT2D eigenvalue weighted by Crippen LogP contribution is -2.30. The van der Waals surface area contributed by atoms with Crippen LogP contribution >= 0.6 is 0 Å². The van der Waals surface area contributed by atoms with Crippen molar-refractivity contribution in [3.05, 3.63) is 47.4 Å². The van der Waals surface area contributed by atoms with Gasteiger partial charge in [0.25, 0.3) is 5.91 Å². The van der Waals surface area contributed by atoms with Gasteiger partial charge >= 0.3 is 5.97 Å². The molecule has 0 saturated heterocycles. The summed E-state index contributed by atoms with van der Waals surface area (Å²) in [5.41, 5.74) is 1.53. The lowest BCUT2D eigenvalue weighted by atomic mass is 10.1. The van der Waals surface area contributed by atoms with E-state index in [1.807, 2.05) is 0 Å². The molecule has 1 aromatic heterocycles. The normalized spacial score (nSPS) is 20.3. The summed E-state index contributed by atoms with van der Waals surface area (Å²) < 4.78 is 23.0. The van der Waals surface area contributed by atoms with Crippen LogP contribution in [0.5, 0.6) is 0 Å². The zero-order chi connectivity index (χ0) is 17.3. The Morgan fingerprint density at radius 2 is 2.08 bits per heavy atom. The number of carbonyl (C=O) groups is 2. The number of anilines is 1. The van der Waals surface area contributed by atoms with E-state index < -0.39 is 18.0 Å². The number of nitrogens with one attached hydrogen (secondary N) is 1. The average Bonchev–Trinajstić information content (AvgIpc) is 3.24. The second-order valence-corrected chi connectivity index (χ2v) is 5.90. The highest BCUT2D eigenvalue weighted by atomic mass is 19.1. The van der Waals surface area contributed by atoms with Crippen LogP contribution in [0.3, 0.4) is 0 Å². The molecule has 0 unspecified atom stereocenters. The summed E-state index contributed by atoms with van der Waals surface area (Å²) in [6.07, 6.45) is -0.308. The van der Waals surface area contributed by atoms with Gasteiger partial charge in [0.05, 0.1) is 11.6 Å². The number of nitrogens with zero attached hydrogens (tertiary/aromatic N) is 1. The van der Waals surface area contributed by atoms with Crippen molar-refractivity contribution in [2.75, 3.05) is 5.32 Å². The van der Waals surface area contributed by atoms with Crippen LogP contribution in [0.2, 0.25) is 0 Å². The first-order valence-electron chi connectivity index (χ1n) is 7.64. The van der Waals surface area contributed by atoms with Gasteiger partial charge in [-0.2, -0.15) is 0 Å². The number of aryl methyl sites for hydroxylation is 1. The largest absolute Gasteiger partial charge is 0.452 e. The first-order chi connectivity index (χ1) is 11.4. The SMILES string of the molecule is Cc1cc(NC(=O)[C@H](C)OC(=O)[C@@H]2C[C@@H]2c2ccc(F)cc2)on1. The Kier molecular flexibility index (Phi) is 4.33. The Morgan fingerprint density at radius 1 is 1.38 bits per heavy atom. The molecule has 0 spiro atoms. The van der Waals surface area contributed by atoms with Crippen LogP contribution in [0.25, 0.3) is 0 Å². The van der Waals surface area contributed by atoms with Crippen LogP contribution in [0.4, 0.5) is 10.3 Å². The second-order valence-electron chi connectivity index (χ2n) is 5.90. The maximum atomic E-state index is 12.9. The van der Waals surface area contributed by atoms with Crippen molar-refractivity contribution in [2.45, 2.75) is 32.3 Å². The Morgan fingerprint density at radius 3 is 2.71 bits per heavy atom. The van der Waals surface area contributed by atoms with Crippen molar-refractivity contribution in [3.63, 3.8) is 0 Å². The quantitative estimate of drug-likeness (QED) is 0.852. The van der Waals surface area contributed by atoms with Crippen molar-refractivity contribution in [2.24, 2.45) is 5.92 Å². The van der Waals surface area contributed by atoms with E-state index in [0.29, 0.717) is 12.1 Å². The van der Waals surface area contributed by atoms with Crippen LogP contribution < -0.4 is 5.32 Å². The third-order valence-electron chi connectivity index (χ3n) is 3.93. The molecule has 3 rings (SSSR count). The number of carbonyl (C=O) groups excluding carboxylic acids is 2. The molecule has 0 bridgehead atoms. The molecule has 1 heterocycles. The van der Waals surface area contributed by atoms with Crippen molar-refractivity contribution in [1.29, 1.82) is 0 Å². The van der Waals surface area contributed by atoms with Crippen LogP contribution in [-0.4, -0.2) is 23.1 Å². The van der Waals surface area contributed by atoms with Gasteiger partial charge in [0.1, 0.15) is 5.82 Å². The number of ether oxygens (including phenoxy) is 1. The number of hydrogen-bond acceptors (Lipinski definition) is 5. The standard InChI is InChI=1S/C17H17FN2O4/c1-9-7-15(24-20-9)19-16(21)10(2)23-17(22)14-8-13(14)11-3-5-12(18)6-4-11/h3-7,10,13-14H,8H2,1-2H3,(H,19,21)/t10-,13+,14+/m0/s1. The van der Waals surface area contributed by atoms with Crippen LogP contribution in [0.15, 0.2) is 34.9 Å². The molecule has 2 aromatic rings. The van der Waals surface area contributed by atoms with E-state index in [1.54, 1.807) is 25.1 Å². The maximum Gasteiger partial charge on any atom is 0.310 e. The number of halogens is 1. The summed E-state index contributed by atoms with van der Waals surface area (Å²) >= 11 is 0. The Hall–Kier alpha value is -2.70. The number of amides is 1. The molecule has 1 amide bonds. The number of esters is 1. The molecule has 0 aliphatic heterocycles. The van der Waals surface area contributed by atoms with E-state index in [-0.39, 0.29) is 23.5 Å². The summed E-state index contributed by atoms with van der Waals surface area (Å²) in [5, 5.41) is 6.14. The smallest absolute Gasteiger partial charge is 0.310 e. The van der Waals surface area contributed by atoms with Crippen molar-refractivity contribution < 1.29 is 23.2 Å². The molecular formula is C17H17FN2O4. The second kappa shape index (κ2) is 6.43.